The van der Waals surface area contributed by atoms with Gasteiger partial charge in [-0.05, 0) is 57.5 Å². The van der Waals surface area contributed by atoms with E-state index >= 15 is 0 Å². The van der Waals surface area contributed by atoms with Crippen LogP contribution in [0.4, 0.5) is 0 Å². The van der Waals surface area contributed by atoms with E-state index in [1.54, 1.807) is 0 Å². The fraction of sp³-hybridized carbons (Fsp3) is 0.636. The van der Waals surface area contributed by atoms with Gasteiger partial charge in [-0.15, -0.1) is 0 Å². The van der Waals surface area contributed by atoms with Crippen LogP contribution in [0.25, 0.3) is 0 Å². The Balaban J connectivity index is 1.18. The van der Waals surface area contributed by atoms with Crippen LogP contribution in [0.5, 0.6) is 0 Å². The van der Waals surface area contributed by atoms with Gasteiger partial charge in [0.05, 0.1) is 12.6 Å². The first kappa shape index (κ1) is 16.3. The van der Waals surface area contributed by atoms with Crippen LogP contribution >= 0.6 is 0 Å². The minimum absolute atomic E-state index is 0.0218. The summed E-state index contributed by atoms with van der Waals surface area (Å²) in [5, 5.41) is 3.42. The largest absolute Gasteiger partial charge is 0.470 e. The van der Waals surface area contributed by atoms with E-state index in [0.29, 0.717) is 12.0 Å². The number of hydrogen-bond acceptors (Lipinski definition) is 5. The van der Waals surface area contributed by atoms with E-state index in [1.807, 2.05) is 0 Å². The number of furan rings is 1. The first-order valence-corrected chi connectivity index (χ1v) is 10.7. The highest BCUT2D eigenvalue weighted by atomic mass is 16.5. The summed E-state index contributed by atoms with van der Waals surface area (Å²) in [6.07, 6.45) is 10.6. The number of dihydropyridines is 1. The Bertz CT molecular complexity index is 791. The van der Waals surface area contributed by atoms with E-state index in [-0.39, 0.29) is 5.60 Å². The molecule has 4 atom stereocenters. The van der Waals surface area contributed by atoms with Crippen LogP contribution in [0.15, 0.2) is 40.2 Å². The molecule has 4 saturated heterocycles. The van der Waals surface area contributed by atoms with Crippen LogP contribution in [0.1, 0.15) is 49.7 Å². The summed E-state index contributed by atoms with van der Waals surface area (Å²) in [6, 6.07) is 4.85. The van der Waals surface area contributed by atoms with Crippen molar-refractivity contribution in [1.82, 2.24) is 15.1 Å². The van der Waals surface area contributed by atoms with Gasteiger partial charge in [0.15, 0.2) is 5.88 Å². The SMILES string of the molecule is C1=CC2=C(NC1)O[C@@]1(C2)CN2CCC1CC2c1ccc(CN2CCCC2)o1. The molecule has 5 nitrogen and oxygen atoms in total. The van der Waals surface area contributed by atoms with Crippen molar-refractivity contribution < 1.29 is 9.15 Å². The molecule has 0 radical (unpaired) electrons. The van der Waals surface area contributed by atoms with Crippen molar-refractivity contribution in [3.05, 3.63) is 47.3 Å². The summed E-state index contributed by atoms with van der Waals surface area (Å²) in [5.74, 6) is 3.94. The maximum atomic E-state index is 6.54. The topological polar surface area (TPSA) is 40.9 Å². The predicted octanol–water partition coefficient (Wildman–Crippen LogP) is 3.17. The third-order valence-electron chi connectivity index (χ3n) is 7.30. The first-order chi connectivity index (χ1) is 13.3. The molecule has 144 valence electrons. The number of likely N-dealkylation sites (tertiary alicyclic amines) is 1. The first-order valence-electron chi connectivity index (χ1n) is 10.7. The maximum absolute atomic E-state index is 6.54. The van der Waals surface area contributed by atoms with Crippen molar-refractivity contribution >= 4 is 0 Å². The molecule has 4 fully saturated rings. The third kappa shape index (κ3) is 2.66. The van der Waals surface area contributed by atoms with E-state index in [2.05, 4.69) is 39.4 Å². The average molecular weight is 367 g/mol. The van der Waals surface area contributed by atoms with Crippen molar-refractivity contribution in [3.63, 3.8) is 0 Å². The zero-order valence-electron chi connectivity index (χ0n) is 16.0. The van der Waals surface area contributed by atoms with E-state index in [1.165, 1.54) is 37.9 Å². The molecule has 0 saturated carbocycles. The Morgan fingerprint density at radius 3 is 2.93 bits per heavy atom. The summed E-state index contributed by atoms with van der Waals surface area (Å²) >= 11 is 0. The predicted molar refractivity (Wildman–Crippen MR) is 103 cm³/mol. The van der Waals surface area contributed by atoms with Gasteiger partial charge in [-0.2, -0.15) is 0 Å². The molecule has 2 bridgehead atoms. The fourth-order valence-electron chi connectivity index (χ4n) is 5.93. The van der Waals surface area contributed by atoms with Crippen LogP contribution < -0.4 is 5.32 Å². The zero-order valence-corrected chi connectivity index (χ0v) is 16.0. The van der Waals surface area contributed by atoms with Gasteiger partial charge >= 0.3 is 0 Å². The molecule has 3 unspecified atom stereocenters. The number of rotatable bonds is 3. The molecule has 1 aromatic rings. The second kappa shape index (κ2) is 6.14. The highest BCUT2D eigenvalue weighted by Gasteiger charge is 2.56. The van der Waals surface area contributed by atoms with Crippen LogP contribution in [0.3, 0.4) is 0 Å². The Hall–Kier alpha value is -1.72. The van der Waals surface area contributed by atoms with Gasteiger partial charge in [-0.1, -0.05) is 12.2 Å². The van der Waals surface area contributed by atoms with Crippen molar-refractivity contribution in [2.45, 2.75) is 50.3 Å². The molecule has 1 N–H and O–H groups in total. The highest BCUT2D eigenvalue weighted by molar-refractivity contribution is 5.33. The molecule has 7 rings (SSSR count). The molecular formula is C22H29N3O2. The lowest BCUT2D eigenvalue weighted by atomic mass is 9.70. The fourth-order valence-corrected chi connectivity index (χ4v) is 5.93. The lowest BCUT2D eigenvalue weighted by Crippen LogP contribution is -2.60. The van der Waals surface area contributed by atoms with E-state index in [4.69, 9.17) is 9.15 Å². The summed E-state index contributed by atoms with van der Waals surface area (Å²) in [6.45, 7) is 6.47. The summed E-state index contributed by atoms with van der Waals surface area (Å²) in [7, 11) is 0. The number of piperidine rings is 3. The monoisotopic (exact) mass is 367 g/mol. The van der Waals surface area contributed by atoms with E-state index < -0.39 is 0 Å². The van der Waals surface area contributed by atoms with Gasteiger partial charge in [0, 0.05) is 31.0 Å². The highest BCUT2D eigenvalue weighted by Crippen LogP contribution is 2.53. The normalized spacial score (nSPS) is 37.7. The minimum Gasteiger partial charge on any atom is -0.470 e. The summed E-state index contributed by atoms with van der Waals surface area (Å²) in [5.41, 5.74) is 1.34. The lowest BCUT2D eigenvalue weighted by Gasteiger charge is -2.54. The Kier molecular flexibility index (Phi) is 3.70. The van der Waals surface area contributed by atoms with Crippen LogP contribution in [-0.2, 0) is 11.3 Å². The minimum atomic E-state index is -0.0218. The number of fused-ring (bicyclic) bond motifs is 2. The Morgan fingerprint density at radius 1 is 1.19 bits per heavy atom. The van der Waals surface area contributed by atoms with Gasteiger partial charge in [0.1, 0.15) is 17.1 Å². The van der Waals surface area contributed by atoms with Gasteiger partial charge in [-0.3, -0.25) is 9.80 Å². The van der Waals surface area contributed by atoms with Crippen LogP contribution in [-0.4, -0.2) is 48.1 Å². The van der Waals surface area contributed by atoms with Crippen molar-refractivity contribution in [1.29, 1.82) is 0 Å². The number of nitrogens with zero attached hydrogens (tertiary/aromatic N) is 2. The molecule has 1 spiro atoms. The maximum Gasteiger partial charge on any atom is 0.190 e. The third-order valence-corrected chi connectivity index (χ3v) is 7.30. The molecule has 27 heavy (non-hydrogen) atoms. The van der Waals surface area contributed by atoms with Crippen LogP contribution in [0.2, 0.25) is 0 Å². The van der Waals surface area contributed by atoms with E-state index in [0.717, 1.165) is 56.4 Å². The van der Waals surface area contributed by atoms with Crippen LogP contribution in [0, 0.1) is 5.92 Å². The average Bonchev–Trinajstić information content (AvgIpc) is 3.42. The molecule has 6 aliphatic rings. The molecule has 0 amide bonds. The number of ether oxygens (including phenoxy) is 1. The second-order valence-electron chi connectivity index (χ2n) is 8.98. The number of nitrogens with one attached hydrogen (secondary N) is 1. The molecule has 0 aromatic carbocycles. The molecule has 1 aromatic heterocycles. The Morgan fingerprint density at radius 2 is 2.11 bits per heavy atom. The molecule has 0 aliphatic carbocycles. The number of allylic oxidation sites excluding steroid dienone is 1. The Labute approximate surface area is 161 Å². The number of hydrogen-bond donors (Lipinski definition) is 1. The molecule has 5 heteroatoms. The van der Waals surface area contributed by atoms with E-state index in [9.17, 15) is 0 Å². The van der Waals surface area contributed by atoms with Crippen molar-refractivity contribution in [2.75, 3.05) is 32.7 Å². The van der Waals surface area contributed by atoms with Gasteiger partial charge < -0.3 is 14.5 Å². The standard InChI is InChI=1S/C22H29N3O2/c1-2-10-24(9-1)14-18-5-6-20(26-18)19-12-17-7-11-25(19)15-22(17)13-16-4-3-8-23-21(16)27-22/h3-6,17,19,23H,1-2,7-15H2/t17?,19?,22-/m0/s1. The quantitative estimate of drug-likeness (QED) is 0.889. The second-order valence-corrected chi connectivity index (χ2v) is 8.98. The zero-order chi connectivity index (χ0) is 17.8. The summed E-state index contributed by atoms with van der Waals surface area (Å²) < 4.78 is 12.9. The summed E-state index contributed by atoms with van der Waals surface area (Å²) in [4.78, 5) is 5.12. The molecule has 6 aliphatic heterocycles. The van der Waals surface area contributed by atoms with Gasteiger partial charge in [-0.25, -0.2) is 0 Å². The van der Waals surface area contributed by atoms with Crippen molar-refractivity contribution in [3.8, 4) is 0 Å². The van der Waals surface area contributed by atoms with Crippen molar-refractivity contribution in [2.24, 2.45) is 5.92 Å². The van der Waals surface area contributed by atoms with Gasteiger partial charge in [0.2, 0.25) is 0 Å². The molecular weight excluding hydrogens is 338 g/mol. The smallest absolute Gasteiger partial charge is 0.190 e. The van der Waals surface area contributed by atoms with Gasteiger partial charge in [0.25, 0.3) is 0 Å². The molecule has 7 heterocycles. The lowest BCUT2D eigenvalue weighted by molar-refractivity contribution is -0.140.